The third-order valence-corrected chi connectivity index (χ3v) is 6.07. The molecule has 0 aliphatic heterocycles. The number of hydrogen-bond acceptors (Lipinski definition) is 4. The second-order valence-corrected chi connectivity index (χ2v) is 8.22. The van der Waals surface area contributed by atoms with Gasteiger partial charge in [-0.2, -0.15) is 10.2 Å². The predicted octanol–water partition coefficient (Wildman–Crippen LogP) is 4.62. The summed E-state index contributed by atoms with van der Waals surface area (Å²) in [6.07, 6.45) is 5.89. The molecular weight excluding hydrogens is 344 g/mol. The number of aryl methyl sites for hydroxylation is 1. The maximum absolute atomic E-state index is 5.55. The van der Waals surface area contributed by atoms with Crippen molar-refractivity contribution in [2.75, 3.05) is 0 Å². The standard InChI is InChI=1S/C19H24N6S/c1-4-10(2)25-17(21-22-19(25)26)13-9-14(11-5-6-11)20-18-15(13)16(12-7-8-12)23-24(18)3/h9-12H,4-8H2,1-3H3,(H,22,26)/t10-/m0/s1. The molecule has 1 N–H and O–H groups in total. The minimum absolute atomic E-state index is 0.296. The molecule has 0 bridgehead atoms. The van der Waals surface area contributed by atoms with Crippen LogP contribution in [0.5, 0.6) is 0 Å². The first kappa shape index (κ1) is 16.2. The zero-order valence-electron chi connectivity index (χ0n) is 15.5. The first-order valence-corrected chi connectivity index (χ1v) is 10.0. The van der Waals surface area contributed by atoms with Gasteiger partial charge in [0.05, 0.1) is 11.1 Å². The number of aromatic amines is 1. The molecule has 2 aliphatic carbocycles. The van der Waals surface area contributed by atoms with Gasteiger partial charge in [0.2, 0.25) is 0 Å². The summed E-state index contributed by atoms with van der Waals surface area (Å²) in [6.45, 7) is 4.38. The molecular formula is C19H24N6S. The van der Waals surface area contributed by atoms with E-state index in [1.165, 1.54) is 37.1 Å². The second-order valence-electron chi connectivity index (χ2n) is 7.83. The van der Waals surface area contributed by atoms with Crippen LogP contribution in [-0.4, -0.2) is 29.5 Å². The van der Waals surface area contributed by atoms with Crippen LogP contribution in [0.25, 0.3) is 22.4 Å². The average Bonchev–Trinajstić information content (AvgIpc) is 3.56. The fraction of sp³-hybridized carbons (Fsp3) is 0.579. The minimum Gasteiger partial charge on any atom is -0.297 e. The molecule has 1 atom stereocenters. The van der Waals surface area contributed by atoms with Gasteiger partial charge in [-0.1, -0.05) is 6.92 Å². The fourth-order valence-electron chi connectivity index (χ4n) is 3.79. The monoisotopic (exact) mass is 368 g/mol. The van der Waals surface area contributed by atoms with Crippen molar-refractivity contribution in [1.82, 2.24) is 29.5 Å². The van der Waals surface area contributed by atoms with Crippen molar-refractivity contribution >= 4 is 23.3 Å². The van der Waals surface area contributed by atoms with Gasteiger partial charge < -0.3 is 0 Å². The van der Waals surface area contributed by atoms with E-state index in [4.69, 9.17) is 22.3 Å². The highest BCUT2D eigenvalue weighted by molar-refractivity contribution is 7.71. The van der Waals surface area contributed by atoms with Gasteiger partial charge in [-0.15, -0.1) is 0 Å². The Kier molecular flexibility index (Phi) is 3.57. The third-order valence-electron chi connectivity index (χ3n) is 5.78. The van der Waals surface area contributed by atoms with Crippen LogP contribution in [0.4, 0.5) is 0 Å². The highest BCUT2D eigenvalue weighted by atomic mass is 32.1. The highest BCUT2D eigenvalue weighted by Crippen LogP contribution is 2.47. The summed E-state index contributed by atoms with van der Waals surface area (Å²) in [5.74, 6) is 2.06. The molecule has 2 saturated carbocycles. The molecule has 7 heteroatoms. The van der Waals surface area contributed by atoms with Gasteiger partial charge in [-0.05, 0) is 57.3 Å². The van der Waals surface area contributed by atoms with E-state index in [-0.39, 0.29) is 0 Å². The number of nitrogens with one attached hydrogen (secondary N) is 1. The number of nitrogens with zero attached hydrogens (tertiary/aromatic N) is 5. The zero-order valence-corrected chi connectivity index (χ0v) is 16.3. The van der Waals surface area contributed by atoms with Crippen LogP contribution in [0.15, 0.2) is 6.07 Å². The van der Waals surface area contributed by atoms with Crippen molar-refractivity contribution in [3.8, 4) is 11.4 Å². The Morgan fingerprint density at radius 2 is 2.00 bits per heavy atom. The Bertz CT molecular complexity index is 1050. The van der Waals surface area contributed by atoms with E-state index >= 15 is 0 Å². The lowest BCUT2D eigenvalue weighted by Crippen LogP contribution is -2.07. The lowest BCUT2D eigenvalue weighted by atomic mass is 10.0. The average molecular weight is 369 g/mol. The molecule has 26 heavy (non-hydrogen) atoms. The van der Waals surface area contributed by atoms with Gasteiger partial charge in [0.25, 0.3) is 0 Å². The molecule has 136 valence electrons. The normalized spacial score (nSPS) is 18.6. The summed E-state index contributed by atoms with van der Waals surface area (Å²) in [6, 6.07) is 2.54. The van der Waals surface area contributed by atoms with Crippen molar-refractivity contribution in [1.29, 1.82) is 0 Å². The quantitative estimate of drug-likeness (QED) is 0.668. The van der Waals surface area contributed by atoms with E-state index in [1.54, 1.807) is 0 Å². The third kappa shape index (κ3) is 2.44. The molecule has 3 aromatic heterocycles. The Hall–Kier alpha value is -2.02. The van der Waals surface area contributed by atoms with E-state index < -0.39 is 0 Å². The highest BCUT2D eigenvalue weighted by Gasteiger charge is 2.33. The van der Waals surface area contributed by atoms with Gasteiger partial charge in [-0.25, -0.2) is 4.98 Å². The van der Waals surface area contributed by atoms with Gasteiger partial charge in [0, 0.05) is 36.2 Å². The molecule has 0 radical (unpaired) electrons. The van der Waals surface area contributed by atoms with Crippen LogP contribution in [-0.2, 0) is 7.05 Å². The Balaban J connectivity index is 1.83. The molecule has 0 aromatic carbocycles. The van der Waals surface area contributed by atoms with Crippen molar-refractivity contribution in [3.63, 3.8) is 0 Å². The summed E-state index contributed by atoms with van der Waals surface area (Å²) >= 11 is 5.55. The summed E-state index contributed by atoms with van der Waals surface area (Å²) < 4.78 is 4.79. The molecule has 5 rings (SSSR count). The Labute approximate surface area is 157 Å². The first-order chi connectivity index (χ1) is 12.6. The minimum atomic E-state index is 0.296. The fourth-order valence-corrected chi connectivity index (χ4v) is 4.10. The summed E-state index contributed by atoms with van der Waals surface area (Å²) in [4.78, 5) is 4.98. The smallest absolute Gasteiger partial charge is 0.195 e. The van der Waals surface area contributed by atoms with Crippen molar-refractivity contribution in [2.45, 2.75) is 63.8 Å². The summed E-state index contributed by atoms with van der Waals surface area (Å²) in [5.41, 5.74) is 4.47. The lowest BCUT2D eigenvalue weighted by Gasteiger charge is -2.15. The van der Waals surface area contributed by atoms with Gasteiger partial charge in [0.15, 0.2) is 16.2 Å². The largest absolute Gasteiger partial charge is 0.297 e. The molecule has 0 saturated heterocycles. The van der Waals surface area contributed by atoms with Crippen molar-refractivity contribution < 1.29 is 0 Å². The number of H-pyrrole nitrogens is 1. The predicted molar refractivity (Wildman–Crippen MR) is 104 cm³/mol. The van der Waals surface area contributed by atoms with E-state index in [9.17, 15) is 0 Å². The maximum Gasteiger partial charge on any atom is 0.195 e. The van der Waals surface area contributed by atoms with Crippen molar-refractivity contribution in [3.05, 3.63) is 22.2 Å². The van der Waals surface area contributed by atoms with Crippen LogP contribution >= 0.6 is 12.2 Å². The molecule has 3 heterocycles. The number of rotatable bonds is 5. The molecule has 0 unspecified atom stereocenters. The van der Waals surface area contributed by atoms with Gasteiger partial charge >= 0.3 is 0 Å². The zero-order chi connectivity index (χ0) is 18.0. The Morgan fingerprint density at radius 1 is 1.27 bits per heavy atom. The molecule has 3 aromatic rings. The van der Waals surface area contributed by atoms with Crippen molar-refractivity contribution in [2.24, 2.45) is 7.05 Å². The SMILES string of the molecule is CC[C@H](C)n1c(-c2cc(C3CC3)nc3c2c(C2CC2)nn3C)n[nH]c1=S. The van der Waals surface area contributed by atoms with E-state index in [0.29, 0.717) is 22.6 Å². The molecule has 2 fully saturated rings. The van der Waals surface area contributed by atoms with E-state index in [1.807, 2.05) is 11.7 Å². The topological polar surface area (TPSA) is 64.3 Å². The van der Waals surface area contributed by atoms with E-state index in [0.717, 1.165) is 28.8 Å². The number of pyridine rings is 1. The first-order valence-electron chi connectivity index (χ1n) is 9.63. The Morgan fingerprint density at radius 3 is 2.65 bits per heavy atom. The maximum atomic E-state index is 5.55. The summed E-state index contributed by atoms with van der Waals surface area (Å²) in [7, 11) is 2.01. The number of hydrogen-bond donors (Lipinski definition) is 1. The molecule has 6 nitrogen and oxygen atoms in total. The van der Waals surface area contributed by atoms with Crippen LogP contribution in [0.3, 0.4) is 0 Å². The molecule has 0 amide bonds. The van der Waals surface area contributed by atoms with Gasteiger partial charge in [0.1, 0.15) is 0 Å². The van der Waals surface area contributed by atoms with Crippen LogP contribution in [0, 0.1) is 4.77 Å². The van der Waals surface area contributed by atoms with Crippen LogP contribution in [0.2, 0.25) is 0 Å². The number of fused-ring (bicyclic) bond motifs is 1. The van der Waals surface area contributed by atoms with Crippen LogP contribution < -0.4 is 0 Å². The number of aromatic nitrogens is 6. The lowest BCUT2D eigenvalue weighted by molar-refractivity contribution is 0.528. The van der Waals surface area contributed by atoms with Gasteiger partial charge in [-0.3, -0.25) is 14.3 Å². The van der Waals surface area contributed by atoms with E-state index in [2.05, 4.69) is 34.7 Å². The van der Waals surface area contributed by atoms with Crippen LogP contribution in [0.1, 0.15) is 75.2 Å². The molecule has 2 aliphatic rings. The molecule has 0 spiro atoms. The second kappa shape index (κ2) is 5.74. The summed E-state index contributed by atoms with van der Waals surface area (Å²) in [5, 5.41) is 13.7.